The third kappa shape index (κ3) is 3.29. The van der Waals surface area contributed by atoms with Gasteiger partial charge >= 0.3 is 0 Å². The molecule has 124 valence electrons. The van der Waals surface area contributed by atoms with E-state index in [1.54, 1.807) is 0 Å². The first-order valence-corrected chi connectivity index (χ1v) is 8.54. The standard InChI is InChI=1S/C18H27N5/c1-12(2)23-8-6-7-15(11-23)16-9-17(21-13(3)20-16)18-10-19-14(4)22(18)5/h9-10,12,15H,6-8,11H2,1-5H3/t15-/m1/s1. The van der Waals surface area contributed by atoms with E-state index in [2.05, 4.69) is 39.3 Å². The van der Waals surface area contributed by atoms with Crippen LogP contribution in [-0.4, -0.2) is 43.6 Å². The molecule has 2 aromatic heterocycles. The van der Waals surface area contributed by atoms with Gasteiger partial charge in [-0.1, -0.05) is 0 Å². The number of imidazole rings is 1. The van der Waals surface area contributed by atoms with Gasteiger partial charge in [-0.15, -0.1) is 0 Å². The highest BCUT2D eigenvalue weighted by Crippen LogP contribution is 2.29. The number of aromatic nitrogens is 4. The van der Waals surface area contributed by atoms with Gasteiger partial charge in [0.1, 0.15) is 11.6 Å². The molecule has 2 aromatic rings. The van der Waals surface area contributed by atoms with Gasteiger partial charge in [-0.05, 0) is 53.1 Å². The fraction of sp³-hybridized carbons (Fsp3) is 0.611. The summed E-state index contributed by atoms with van der Waals surface area (Å²) in [7, 11) is 2.04. The van der Waals surface area contributed by atoms with Gasteiger partial charge in [-0.25, -0.2) is 15.0 Å². The molecule has 0 radical (unpaired) electrons. The van der Waals surface area contributed by atoms with Crippen LogP contribution in [0.4, 0.5) is 0 Å². The second-order valence-electron chi connectivity index (χ2n) is 6.90. The van der Waals surface area contributed by atoms with Gasteiger partial charge in [-0.3, -0.25) is 0 Å². The Morgan fingerprint density at radius 2 is 2.00 bits per heavy atom. The molecule has 1 aliphatic heterocycles. The third-order valence-corrected chi connectivity index (χ3v) is 4.94. The Labute approximate surface area is 138 Å². The van der Waals surface area contributed by atoms with E-state index in [-0.39, 0.29) is 0 Å². The zero-order valence-electron chi connectivity index (χ0n) is 14.9. The second-order valence-corrected chi connectivity index (χ2v) is 6.90. The molecule has 0 spiro atoms. The normalized spacial score (nSPS) is 19.5. The first-order chi connectivity index (χ1) is 11.0. The molecular weight excluding hydrogens is 286 g/mol. The molecule has 0 saturated carbocycles. The molecule has 0 amide bonds. The minimum Gasteiger partial charge on any atom is -0.330 e. The summed E-state index contributed by atoms with van der Waals surface area (Å²) in [6, 6.07) is 2.76. The SMILES string of the molecule is Cc1nc(-c2cnc(C)n2C)cc([C@@H]2CCCN(C(C)C)C2)n1. The highest BCUT2D eigenvalue weighted by Gasteiger charge is 2.25. The number of aryl methyl sites for hydroxylation is 2. The van der Waals surface area contributed by atoms with Gasteiger partial charge in [0.25, 0.3) is 0 Å². The van der Waals surface area contributed by atoms with Crippen LogP contribution in [0.15, 0.2) is 12.3 Å². The first-order valence-electron chi connectivity index (χ1n) is 8.54. The Kier molecular flexibility index (Phi) is 4.48. The van der Waals surface area contributed by atoms with Crippen molar-refractivity contribution in [2.45, 2.75) is 52.5 Å². The molecule has 3 heterocycles. The largest absolute Gasteiger partial charge is 0.330 e. The van der Waals surface area contributed by atoms with Crippen LogP contribution >= 0.6 is 0 Å². The molecule has 5 nitrogen and oxygen atoms in total. The van der Waals surface area contributed by atoms with E-state index in [1.165, 1.54) is 25.1 Å². The Hall–Kier alpha value is -1.75. The molecule has 1 atom stereocenters. The highest BCUT2D eigenvalue weighted by molar-refractivity contribution is 5.55. The molecular formula is C18H27N5. The van der Waals surface area contributed by atoms with Crippen molar-refractivity contribution >= 4 is 0 Å². The monoisotopic (exact) mass is 313 g/mol. The summed E-state index contributed by atoms with van der Waals surface area (Å²) in [5.74, 6) is 2.35. The molecule has 3 rings (SSSR count). The summed E-state index contributed by atoms with van der Waals surface area (Å²) in [5.41, 5.74) is 3.22. The summed E-state index contributed by atoms with van der Waals surface area (Å²) in [6.45, 7) is 10.8. The second kappa shape index (κ2) is 6.40. The van der Waals surface area contributed by atoms with Crippen LogP contribution in [-0.2, 0) is 7.05 Å². The van der Waals surface area contributed by atoms with Crippen LogP contribution in [0.2, 0.25) is 0 Å². The maximum absolute atomic E-state index is 4.75. The Bertz CT molecular complexity index is 689. The van der Waals surface area contributed by atoms with Gasteiger partial charge in [0.2, 0.25) is 0 Å². The maximum Gasteiger partial charge on any atom is 0.126 e. The lowest BCUT2D eigenvalue weighted by molar-refractivity contribution is 0.166. The van der Waals surface area contributed by atoms with Crippen molar-refractivity contribution in [2.24, 2.45) is 7.05 Å². The number of piperidine rings is 1. The van der Waals surface area contributed by atoms with E-state index in [1.807, 2.05) is 27.1 Å². The summed E-state index contributed by atoms with van der Waals surface area (Å²) in [6.07, 6.45) is 4.36. The minimum atomic E-state index is 0.501. The maximum atomic E-state index is 4.75. The average molecular weight is 313 g/mol. The Morgan fingerprint density at radius 3 is 2.65 bits per heavy atom. The zero-order valence-corrected chi connectivity index (χ0v) is 14.9. The van der Waals surface area contributed by atoms with Crippen LogP contribution in [0.5, 0.6) is 0 Å². The number of nitrogens with zero attached hydrogens (tertiary/aromatic N) is 5. The van der Waals surface area contributed by atoms with Crippen LogP contribution in [0.3, 0.4) is 0 Å². The van der Waals surface area contributed by atoms with Crippen LogP contribution in [0, 0.1) is 13.8 Å². The van der Waals surface area contributed by atoms with Gasteiger partial charge < -0.3 is 9.47 Å². The predicted octanol–water partition coefficient (Wildman–Crippen LogP) is 3.08. The topological polar surface area (TPSA) is 46.8 Å². The molecule has 1 fully saturated rings. The highest BCUT2D eigenvalue weighted by atomic mass is 15.2. The van der Waals surface area contributed by atoms with Gasteiger partial charge in [0.15, 0.2) is 0 Å². The van der Waals surface area contributed by atoms with Crippen molar-refractivity contribution < 1.29 is 0 Å². The first kappa shape index (κ1) is 16.1. The lowest BCUT2D eigenvalue weighted by Gasteiger charge is -2.35. The molecule has 1 aliphatic rings. The van der Waals surface area contributed by atoms with Crippen molar-refractivity contribution in [2.75, 3.05) is 13.1 Å². The molecule has 0 N–H and O–H groups in total. The van der Waals surface area contributed by atoms with E-state index in [0.29, 0.717) is 12.0 Å². The molecule has 0 unspecified atom stereocenters. The molecule has 0 aliphatic carbocycles. The minimum absolute atomic E-state index is 0.501. The van der Waals surface area contributed by atoms with Crippen molar-refractivity contribution in [3.63, 3.8) is 0 Å². The van der Waals surface area contributed by atoms with Crippen LogP contribution in [0.1, 0.15) is 49.9 Å². The molecule has 0 bridgehead atoms. The average Bonchev–Trinajstić information content (AvgIpc) is 2.86. The van der Waals surface area contributed by atoms with Crippen LogP contribution in [0.25, 0.3) is 11.4 Å². The van der Waals surface area contributed by atoms with Crippen LogP contribution < -0.4 is 0 Å². The van der Waals surface area contributed by atoms with E-state index < -0.39 is 0 Å². The summed E-state index contributed by atoms with van der Waals surface area (Å²) >= 11 is 0. The number of hydrogen-bond acceptors (Lipinski definition) is 4. The molecule has 0 aromatic carbocycles. The smallest absolute Gasteiger partial charge is 0.126 e. The fourth-order valence-electron chi connectivity index (χ4n) is 3.39. The Morgan fingerprint density at radius 1 is 1.22 bits per heavy atom. The van der Waals surface area contributed by atoms with Crippen molar-refractivity contribution in [1.82, 2.24) is 24.4 Å². The molecule has 5 heteroatoms. The van der Waals surface area contributed by atoms with Gasteiger partial charge in [0, 0.05) is 31.2 Å². The van der Waals surface area contributed by atoms with Crippen molar-refractivity contribution in [1.29, 1.82) is 0 Å². The lowest BCUT2D eigenvalue weighted by atomic mass is 9.93. The van der Waals surface area contributed by atoms with E-state index >= 15 is 0 Å². The summed E-state index contributed by atoms with van der Waals surface area (Å²) in [5, 5.41) is 0. The van der Waals surface area contributed by atoms with E-state index in [4.69, 9.17) is 4.98 Å². The summed E-state index contributed by atoms with van der Waals surface area (Å²) < 4.78 is 2.09. The lowest BCUT2D eigenvalue weighted by Crippen LogP contribution is -2.39. The number of hydrogen-bond donors (Lipinski definition) is 0. The Balaban J connectivity index is 1.93. The third-order valence-electron chi connectivity index (χ3n) is 4.94. The molecule has 1 saturated heterocycles. The molecule has 23 heavy (non-hydrogen) atoms. The van der Waals surface area contributed by atoms with Crippen molar-refractivity contribution in [3.8, 4) is 11.4 Å². The quantitative estimate of drug-likeness (QED) is 0.873. The van der Waals surface area contributed by atoms with Gasteiger partial charge in [-0.2, -0.15) is 0 Å². The van der Waals surface area contributed by atoms with E-state index in [0.717, 1.165) is 29.6 Å². The number of rotatable bonds is 3. The van der Waals surface area contributed by atoms with E-state index in [9.17, 15) is 0 Å². The number of likely N-dealkylation sites (tertiary alicyclic amines) is 1. The zero-order chi connectivity index (χ0) is 16.6. The summed E-state index contributed by atoms with van der Waals surface area (Å²) in [4.78, 5) is 16.3. The fourth-order valence-corrected chi connectivity index (χ4v) is 3.39. The van der Waals surface area contributed by atoms with Crippen molar-refractivity contribution in [3.05, 3.63) is 29.6 Å². The predicted molar refractivity (Wildman–Crippen MR) is 92.4 cm³/mol. The van der Waals surface area contributed by atoms with Gasteiger partial charge in [0.05, 0.1) is 17.6 Å².